The molecule has 9 heteroatoms. The Hall–Kier alpha value is -2.65. The van der Waals surface area contributed by atoms with Crippen molar-refractivity contribution in [2.24, 2.45) is 5.92 Å². The van der Waals surface area contributed by atoms with E-state index in [0.717, 1.165) is 22.0 Å². The van der Waals surface area contributed by atoms with Gasteiger partial charge in [-0.05, 0) is 72.8 Å². The van der Waals surface area contributed by atoms with E-state index in [4.69, 9.17) is 21.7 Å². The topological polar surface area (TPSA) is 88.7 Å². The van der Waals surface area contributed by atoms with Gasteiger partial charge in [0.15, 0.2) is 11.7 Å². The summed E-state index contributed by atoms with van der Waals surface area (Å²) in [6.45, 7) is 10.6. The summed E-state index contributed by atoms with van der Waals surface area (Å²) < 4.78 is 12.2. The molecule has 0 atom stereocenters. The minimum absolute atomic E-state index is 0.0510. The molecule has 0 heterocycles. The SMILES string of the molecule is Cc1ccc(C(C)C)c(OCC(=O)NNC(=S)NC(=O)c2cc(Br)ccc2OCCC(C)C)c1. The number of hydrogen-bond donors (Lipinski definition) is 3. The molecule has 0 saturated carbocycles. The number of rotatable bonds is 9. The standard InChI is InChI=1S/C25H32BrN3O4S/c1-15(2)10-11-32-21-9-7-18(26)13-20(21)24(31)27-25(34)29-28-23(30)14-33-22-12-17(5)6-8-19(22)16(3)4/h6-9,12-13,15-16H,10-11,14H2,1-5H3,(H,28,30)(H2,27,29,31,34). The first kappa shape index (κ1) is 27.6. The fourth-order valence-electron chi connectivity index (χ4n) is 2.96. The van der Waals surface area contributed by atoms with E-state index in [0.29, 0.717) is 29.6 Å². The normalized spacial score (nSPS) is 10.7. The van der Waals surface area contributed by atoms with Crippen LogP contribution in [0.15, 0.2) is 40.9 Å². The van der Waals surface area contributed by atoms with Gasteiger partial charge in [0.1, 0.15) is 11.5 Å². The van der Waals surface area contributed by atoms with Gasteiger partial charge in [-0.15, -0.1) is 0 Å². The molecule has 2 aromatic carbocycles. The molecule has 3 N–H and O–H groups in total. The molecule has 0 saturated heterocycles. The summed E-state index contributed by atoms with van der Waals surface area (Å²) in [4.78, 5) is 25.0. The third-order valence-electron chi connectivity index (χ3n) is 4.83. The van der Waals surface area contributed by atoms with E-state index in [9.17, 15) is 9.59 Å². The number of benzene rings is 2. The van der Waals surface area contributed by atoms with Gasteiger partial charge in [-0.2, -0.15) is 0 Å². The van der Waals surface area contributed by atoms with E-state index < -0.39 is 11.8 Å². The molecule has 0 fully saturated rings. The maximum absolute atomic E-state index is 12.7. The highest BCUT2D eigenvalue weighted by Gasteiger charge is 2.16. The number of nitrogens with one attached hydrogen (secondary N) is 3. The van der Waals surface area contributed by atoms with Gasteiger partial charge in [-0.1, -0.05) is 55.8 Å². The molecule has 0 spiro atoms. The van der Waals surface area contributed by atoms with Gasteiger partial charge >= 0.3 is 0 Å². The zero-order valence-corrected chi connectivity index (χ0v) is 22.6. The molecule has 0 aliphatic carbocycles. The smallest absolute Gasteiger partial charge is 0.276 e. The Kier molecular flexibility index (Phi) is 10.8. The molecular weight excluding hydrogens is 518 g/mol. The lowest BCUT2D eigenvalue weighted by Gasteiger charge is -2.16. The molecule has 184 valence electrons. The van der Waals surface area contributed by atoms with Crippen molar-refractivity contribution >= 4 is 45.1 Å². The van der Waals surface area contributed by atoms with Crippen LogP contribution in [0.3, 0.4) is 0 Å². The van der Waals surface area contributed by atoms with Gasteiger partial charge in [0.2, 0.25) is 0 Å². The monoisotopic (exact) mass is 549 g/mol. The second-order valence-corrected chi connectivity index (χ2v) is 9.94. The van der Waals surface area contributed by atoms with E-state index in [1.165, 1.54) is 0 Å². The largest absolute Gasteiger partial charge is 0.493 e. The van der Waals surface area contributed by atoms with Crippen molar-refractivity contribution in [2.75, 3.05) is 13.2 Å². The van der Waals surface area contributed by atoms with Crippen molar-refractivity contribution in [1.29, 1.82) is 0 Å². The number of amides is 2. The summed E-state index contributed by atoms with van der Waals surface area (Å²) in [6.07, 6.45) is 0.867. The molecule has 2 aromatic rings. The van der Waals surface area contributed by atoms with Crippen molar-refractivity contribution in [1.82, 2.24) is 16.2 Å². The van der Waals surface area contributed by atoms with E-state index in [-0.39, 0.29) is 17.6 Å². The fourth-order valence-corrected chi connectivity index (χ4v) is 3.47. The summed E-state index contributed by atoms with van der Waals surface area (Å²) in [5, 5.41) is 2.50. The molecule has 2 rings (SSSR count). The molecule has 2 amide bonds. The molecule has 0 aliphatic rings. The third-order valence-corrected chi connectivity index (χ3v) is 5.53. The maximum Gasteiger partial charge on any atom is 0.276 e. The van der Waals surface area contributed by atoms with Crippen LogP contribution in [0.2, 0.25) is 0 Å². The second-order valence-electron chi connectivity index (χ2n) is 8.61. The predicted molar refractivity (Wildman–Crippen MR) is 141 cm³/mol. The van der Waals surface area contributed by atoms with Crippen LogP contribution in [0, 0.1) is 12.8 Å². The van der Waals surface area contributed by atoms with Crippen LogP contribution in [0.5, 0.6) is 11.5 Å². The molecular formula is C25H32BrN3O4S. The van der Waals surface area contributed by atoms with Crippen LogP contribution in [0.25, 0.3) is 0 Å². The van der Waals surface area contributed by atoms with Crippen molar-refractivity contribution < 1.29 is 19.1 Å². The molecule has 0 bridgehead atoms. The number of aryl methyl sites for hydroxylation is 1. The maximum atomic E-state index is 12.7. The van der Waals surface area contributed by atoms with E-state index in [1.807, 2.05) is 25.1 Å². The van der Waals surface area contributed by atoms with Gasteiger partial charge in [-0.3, -0.25) is 25.8 Å². The minimum atomic E-state index is -0.454. The van der Waals surface area contributed by atoms with Crippen molar-refractivity contribution in [3.63, 3.8) is 0 Å². The first-order chi connectivity index (χ1) is 16.1. The van der Waals surface area contributed by atoms with E-state index >= 15 is 0 Å². The fraction of sp³-hybridized carbons (Fsp3) is 0.400. The Morgan fingerprint density at radius 2 is 1.74 bits per heavy atom. The van der Waals surface area contributed by atoms with Gasteiger partial charge < -0.3 is 9.47 Å². The van der Waals surface area contributed by atoms with Crippen LogP contribution in [-0.2, 0) is 4.79 Å². The number of carbonyl (C=O) groups is 2. The van der Waals surface area contributed by atoms with E-state index in [2.05, 4.69) is 59.8 Å². The van der Waals surface area contributed by atoms with Gasteiger partial charge in [-0.25, -0.2) is 0 Å². The second kappa shape index (κ2) is 13.3. The number of hydrazine groups is 1. The first-order valence-electron chi connectivity index (χ1n) is 11.1. The molecule has 0 aromatic heterocycles. The van der Waals surface area contributed by atoms with Crippen molar-refractivity contribution in [2.45, 2.75) is 47.0 Å². The Morgan fingerprint density at radius 1 is 1.00 bits per heavy atom. The lowest BCUT2D eigenvalue weighted by atomic mass is 10.0. The Balaban J connectivity index is 1.88. The van der Waals surface area contributed by atoms with Crippen LogP contribution < -0.4 is 25.6 Å². The summed E-state index contributed by atoms with van der Waals surface area (Å²) in [5.74, 6) is 0.983. The molecule has 0 unspecified atom stereocenters. The highest BCUT2D eigenvalue weighted by atomic mass is 79.9. The van der Waals surface area contributed by atoms with E-state index in [1.54, 1.807) is 18.2 Å². The number of halogens is 1. The summed E-state index contributed by atoms with van der Waals surface area (Å²) in [6, 6.07) is 11.1. The van der Waals surface area contributed by atoms with Gasteiger partial charge in [0, 0.05) is 4.47 Å². The molecule has 7 nitrogen and oxygen atoms in total. The number of hydrogen-bond acceptors (Lipinski definition) is 5. The van der Waals surface area contributed by atoms with Crippen LogP contribution >= 0.6 is 28.1 Å². The van der Waals surface area contributed by atoms with Crippen LogP contribution in [0.4, 0.5) is 0 Å². The zero-order valence-electron chi connectivity index (χ0n) is 20.2. The highest BCUT2D eigenvalue weighted by Crippen LogP contribution is 2.27. The highest BCUT2D eigenvalue weighted by molar-refractivity contribution is 9.10. The van der Waals surface area contributed by atoms with Crippen LogP contribution in [-0.4, -0.2) is 30.1 Å². The molecule has 0 radical (unpaired) electrons. The average molecular weight is 551 g/mol. The zero-order chi connectivity index (χ0) is 25.3. The number of carbonyl (C=O) groups excluding carboxylic acids is 2. The number of ether oxygens (including phenoxy) is 2. The van der Waals surface area contributed by atoms with Gasteiger partial charge in [0.25, 0.3) is 11.8 Å². The summed E-state index contributed by atoms with van der Waals surface area (Å²) >= 11 is 8.52. The lowest BCUT2D eigenvalue weighted by molar-refractivity contribution is -0.123. The Bertz CT molecular complexity index is 1030. The Labute approximate surface area is 215 Å². The van der Waals surface area contributed by atoms with Crippen molar-refractivity contribution in [3.05, 3.63) is 57.6 Å². The molecule has 34 heavy (non-hydrogen) atoms. The van der Waals surface area contributed by atoms with Crippen molar-refractivity contribution in [3.8, 4) is 11.5 Å². The Morgan fingerprint density at radius 3 is 2.41 bits per heavy atom. The first-order valence-corrected chi connectivity index (χ1v) is 12.3. The average Bonchev–Trinajstić information content (AvgIpc) is 2.76. The number of thiocarbonyl (C=S) groups is 1. The van der Waals surface area contributed by atoms with Gasteiger partial charge in [0.05, 0.1) is 12.2 Å². The summed E-state index contributed by atoms with van der Waals surface area (Å²) in [5.41, 5.74) is 7.36. The van der Waals surface area contributed by atoms with Crippen LogP contribution in [0.1, 0.15) is 61.5 Å². The quantitative estimate of drug-likeness (QED) is 0.300. The predicted octanol–water partition coefficient (Wildman–Crippen LogP) is 5.02. The molecule has 0 aliphatic heterocycles. The minimum Gasteiger partial charge on any atom is -0.493 e. The summed E-state index contributed by atoms with van der Waals surface area (Å²) in [7, 11) is 0. The third kappa shape index (κ3) is 8.95. The lowest BCUT2D eigenvalue weighted by Crippen LogP contribution is -2.49.